The molecule has 2 N–H and O–H groups in total. The molecule has 0 radical (unpaired) electrons. The van der Waals surface area contributed by atoms with Crippen LogP contribution in [-0.2, 0) is 5.54 Å². The molecule has 0 saturated heterocycles. The molecule has 1 aromatic rings. The van der Waals surface area contributed by atoms with E-state index >= 15 is 0 Å². The first-order valence-electron chi connectivity index (χ1n) is 4.31. The van der Waals surface area contributed by atoms with Gasteiger partial charge >= 0.3 is 0 Å². The summed E-state index contributed by atoms with van der Waals surface area (Å²) in [5.74, 6) is 0.356. The normalized spacial score (nSPS) is 15.1. The minimum atomic E-state index is -2.66. The van der Waals surface area contributed by atoms with E-state index in [1.54, 1.807) is 18.2 Å². The Labute approximate surface area is 95.5 Å². The minimum Gasteiger partial charge on any atom is -0.496 e. The summed E-state index contributed by atoms with van der Waals surface area (Å²) in [5.41, 5.74) is 4.15. The van der Waals surface area contributed by atoms with Crippen LogP contribution < -0.4 is 10.5 Å². The van der Waals surface area contributed by atoms with Crippen molar-refractivity contribution in [3.05, 3.63) is 28.2 Å². The highest BCUT2D eigenvalue weighted by Gasteiger charge is 2.36. The Bertz CT molecular complexity index is 355. The van der Waals surface area contributed by atoms with Gasteiger partial charge in [0.25, 0.3) is 6.43 Å². The number of methoxy groups -OCH3 is 1. The fourth-order valence-electron chi connectivity index (χ4n) is 1.31. The summed E-state index contributed by atoms with van der Waals surface area (Å²) < 4.78 is 31.1. The van der Waals surface area contributed by atoms with Crippen molar-refractivity contribution in [2.24, 2.45) is 5.73 Å². The number of hydrogen-bond acceptors (Lipinski definition) is 2. The van der Waals surface area contributed by atoms with Gasteiger partial charge in [0.15, 0.2) is 0 Å². The number of ether oxygens (including phenoxy) is 1. The van der Waals surface area contributed by atoms with Crippen molar-refractivity contribution in [1.29, 1.82) is 0 Å². The van der Waals surface area contributed by atoms with Gasteiger partial charge in [-0.3, -0.25) is 0 Å². The smallest absolute Gasteiger partial charge is 0.260 e. The van der Waals surface area contributed by atoms with Gasteiger partial charge in [-0.25, -0.2) is 8.78 Å². The Morgan fingerprint density at radius 3 is 2.53 bits per heavy atom. The van der Waals surface area contributed by atoms with E-state index in [2.05, 4.69) is 15.9 Å². The molecule has 0 aliphatic carbocycles. The fourth-order valence-corrected chi connectivity index (χ4v) is 2.08. The van der Waals surface area contributed by atoms with E-state index in [0.29, 0.717) is 10.2 Å². The quantitative estimate of drug-likeness (QED) is 0.924. The SMILES string of the molecule is COc1cccc(Br)c1C(C)(N)C(F)F. The standard InChI is InChI=1S/C10H12BrF2NO/c1-10(14,9(12)13)8-6(11)4-3-5-7(8)15-2/h3-5,9H,14H2,1-2H3. The van der Waals surface area contributed by atoms with Gasteiger partial charge in [-0.1, -0.05) is 22.0 Å². The minimum absolute atomic E-state index is 0.280. The molecule has 1 unspecified atom stereocenters. The molecule has 0 amide bonds. The number of hydrogen-bond donors (Lipinski definition) is 1. The monoisotopic (exact) mass is 279 g/mol. The van der Waals surface area contributed by atoms with Crippen LogP contribution in [0.25, 0.3) is 0 Å². The molecule has 1 rings (SSSR count). The van der Waals surface area contributed by atoms with Gasteiger partial charge in [0.1, 0.15) is 11.3 Å². The van der Waals surface area contributed by atoms with E-state index in [1.807, 2.05) is 0 Å². The number of halogens is 3. The molecule has 0 aromatic heterocycles. The van der Waals surface area contributed by atoms with Gasteiger partial charge in [0.05, 0.1) is 7.11 Å². The summed E-state index contributed by atoms with van der Waals surface area (Å²) in [5, 5.41) is 0. The van der Waals surface area contributed by atoms with Gasteiger partial charge in [-0.2, -0.15) is 0 Å². The van der Waals surface area contributed by atoms with Crippen LogP contribution in [0.5, 0.6) is 5.75 Å². The lowest BCUT2D eigenvalue weighted by Gasteiger charge is -2.27. The van der Waals surface area contributed by atoms with E-state index in [0.717, 1.165) is 0 Å². The summed E-state index contributed by atoms with van der Waals surface area (Å²) in [4.78, 5) is 0. The number of nitrogens with two attached hydrogens (primary N) is 1. The lowest BCUT2D eigenvalue weighted by atomic mass is 9.93. The summed E-state index contributed by atoms with van der Waals surface area (Å²) >= 11 is 3.20. The number of benzene rings is 1. The molecular formula is C10H12BrF2NO. The van der Waals surface area contributed by atoms with E-state index in [-0.39, 0.29) is 5.56 Å². The fraction of sp³-hybridized carbons (Fsp3) is 0.400. The van der Waals surface area contributed by atoms with E-state index in [4.69, 9.17) is 10.5 Å². The summed E-state index contributed by atoms with van der Waals surface area (Å²) in [7, 11) is 1.42. The average molecular weight is 280 g/mol. The molecule has 0 fully saturated rings. The second kappa shape index (κ2) is 4.45. The molecule has 15 heavy (non-hydrogen) atoms. The molecule has 0 saturated carbocycles. The van der Waals surface area contributed by atoms with Crippen molar-refractivity contribution >= 4 is 15.9 Å². The van der Waals surface area contributed by atoms with Gasteiger partial charge in [-0.05, 0) is 19.1 Å². The van der Waals surface area contributed by atoms with Crippen molar-refractivity contribution in [3.63, 3.8) is 0 Å². The van der Waals surface area contributed by atoms with E-state index < -0.39 is 12.0 Å². The summed E-state index contributed by atoms with van der Waals surface area (Å²) in [6, 6.07) is 4.97. The maximum atomic E-state index is 12.8. The first-order chi connectivity index (χ1) is 6.91. The van der Waals surface area contributed by atoms with E-state index in [9.17, 15) is 8.78 Å². The Hall–Kier alpha value is -0.680. The highest BCUT2D eigenvalue weighted by Crippen LogP contribution is 2.37. The lowest BCUT2D eigenvalue weighted by Crippen LogP contribution is -2.41. The van der Waals surface area contributed by atoms with E-state index in [1.165, 1.54) is 14.0 Å². The topological polar surface area (TPSA) is 35.2 Å². The van der Waals surface area contributed by atoms with Crippen LogP contribution in [0.3, 0.4) is 0 Å². The third-order valence-corrected chi connectivity index (χ3v) is 2.85. The van der Waals surface area contributed by atoms with Gasteiger partial charge in [0, 0.05) is 10.0 Å². The zero-order valence-corrected chi connectivity index (χ0v) is 10.0. The third kappa shape index (κ3) is 2.29. The van der Waals surface area contributed by atoms with Crippen LogP contribution in [0.15, 0.2) is 22.7 Å². The van der Waals surface area contributed by atoms with Crippen LogP contribution in [0, 0.1) is 0 Å². The third-order valence-electron chi connectivity index (χ3n) is 2.19. The molecule has 0 aliphatic rings. The summed E-state index contributed by atoms with van der Waals surface area (Å²) in [6.07, 6.45) is -2.66. The predicted molar refractivity (Wildman–Crippen MR) is 58.2 cm³/mol. The molecule has 5 heteroatoms. The molecule has 0 aliphatic heterocycles. The zero-order valence-electron chi connectivity index (χ0n) is 8.43. The highest BCUT2D eigenvalue weighted by molar-refractivity contribution is 9.10. The maximum absolute atomic E-state index is 12.8. The first-order valence-corrected chi connectivity index (χ1v) is 5.10. The van der Waals surface area contributed by atoms with Gasteiger partial charge in [-0.15, -0.1) is 0 Å². The molecule has 84 valence electrons. The van der Waals surface area contributed by atoms with Crippen molar-refractivity contribution in [1.82, 2.24) is 0 Å². The Kier molecular flexibility index (Phi) is 3.67. The summed E-state index contributed by atoms with van der Waals surface area (Å²) in [6.45, 7) is 1.28. The molecule has 1 aromatic carbocycles. The number of rotatable bonds is 3. The Balaban J connectivity index is 3.34. The molecule has 2 nitrogen and oxygen atoms in total. The van der Waals surface area contributed by atoms with Crippen molar-refractivity contribution in [2.75, 3.05) is 7.11 Å². The van der Waals surface area contributed by atoms with Crippen LogP contribution >= 0.6 is 15.9 Å². The average Bonchev–Trinajstić information content (AvgIpc) is 2.16. The Morgan fingerprint density at radius 2 is 2.07 bits per heavy atom. The van der Waals surface area contributed by atoms with Gasteiger partial charge < -0.3 is 10.5 Å². The molecule has 1 atom stereocenters. The molecule has 0 spiro atoms. The zero-order chi connectivity index (χ0) is 11.6. The molecule has 0 bridgehead atoms. The first kappa shape index (κ1) is 12.4. The number of alkyl halides is 2. The highest BCUT2D eigenvalue weighted by atomic mass is 79.9. The predicted octanol–water partition coefficient (Wildman–Crippen LogP) is 2.90. The largest absolute Gasteiger partial charge is 0.496 e. The van der Waals surface area contributed by atoms with Crippen LogP contribution in [0.4, 0.5) is 8.78 Å². The molecular weight excluding hydrogens is 268 g/mol. The van der Waals surface area contributed by atoms with Crippen molar-refractivity contribution < 1.29 is 13.5 Å². The molecule has 0 heterocycles. The van der Waals surface area contributed by atoms with Crippen molar-refractivity contribution in [2.45, 2.75) is 18.9 Å². The lowest BCUT2D eigenvalue weighted by molar-refractivity contribution is 0.0606. The second-order valence-corrected chi connectivity index (χ2v) is 4.25. The maximum Gasteiger partial charge on any atom is 0.260 e. The van der Waals surface area contributed by atoms with Crippen molar-refractivity contribution in [3.8, 4) is 5.75 Å². The van der Waals surface area contributed by atoms with Crippen LogP contribution in [0.1, 0.15) is 12.5 Å². The van der Waals surface area contributed by atoms with Gasteiger partial charge in [0.2, 0.25) is 0 Å². The van der Waals surface area contributed by atoms with Crippen LogP contribution in [-0.4, -0.2) is 13.5 Å². The Morgan fingerprint density at radius 1 is 1.47 bits per heavy atom. The second-order valence-electron chi connectivity index (χ2n) is 3.40. The van der Waals surface area contributed by atoms with Crippen LogP contribution in [0.2, 0.25) is 0 Å².